The number of rotatable bonds is 2. The molecule has 0 fully saturated rings. The third-order valence-corrected chi connectivity index (χ3v) is 2.56. The van der Waals surface area contributed by atoms with E-state index in [1.54, 1.807) is 0 Å². The zero-order valence-corrected chi connectivity index (χ0v) is 11.0. The fourth-order valence-corrected chi connectivity index (χ4v) is 1.96. The van der Waals surface area contributed by atoms with E-state index in [9.17, 15) is 0 Å². The van der Waals surface area contributed by atoms with Crippen molar-refractivity contribution >= 4 is 28.3 Å². The Bertz CT molecular complexity index is 167. The van der Waals surface area contributed by atoms with Gasteiger partial charge in [0.15, 0.2) is 0 Å². The Hall–Kier alpha value is 0.900. The van der Waals surface area contributed by atoms with Crippen LogP contribution in [0.4, 0.5) is 0 Å². The second-order valence-electron chi connectivity index (χ2n) is 1.92. The van der Waals surface area contributed by atoms with Crippen LogP contribution in [0.2, 0.25) is 0 Å². The molecule has 0 heterocycles. The van der Waals surface area contributed by atoms with E-state index in [-0.39, 0.29) is 38.7 Å². The van der Waals surface area contributed by atoms with Crippen LogP contribution in [0.1, 0.15) is 5.56 Å². The standard InChI is InChI=1S/C7H7.ClH.Mg.Zn/c1-7-5-3-2-4-6-7;;;/h2-6H,1H2;1H;;/q;;+1;/p-1. The van der Waals surface area contributed by atoms with Gasteiger partial charge in [-0.05, 0) is 0 Å². The Morgan fingerprint density at radius 2 is 1.80 bits per heavy atom. The van der Waals surface area contributed by atoms with Crippen molar-refractivity contribution in [2.45, 2.75) is 4.55 Å². The normalized spacial score (nSPS) is 7.70. The van der Waals surface area contributed by atoms with Crippen molar-refractivity contribution < 1.29 is 19.5 Å². The van der Waals surface area contributed by atoms with Gasteiger partial charge in [0.2, 0.25) is 0 Å². The quantitative estimate of drug-likeness (QED) is 0.664. The molecular formula is C7H7ClMgZn. The average molecular weight is 216 g/mol. The second kappa shape index (κ2) is 6.60. The van der Waals surface area contributed by atoms with Crippen LogP contribution >= 0.6 is 9.07 Å². The summed E-state index contributed by atoms with van der Waals surface area (Å²) in [5.41, 5.74) is 1.37. The Kier molecular flexibility index (Phi) is 7.19. The molecule has 1 rings (SSSR count). The van der Waals surface area contributed by atoms with Crippen LogP contribution in [0.15, 0.2) is 30.3 Å². The van der Waals surface area contributed by atoms with Crippen LogP contribution in [0.5, 0.6) is 0 Å². The Morgan fingerprint density at radius 3 is 2.30 bits per heavy atom. The van der Waals surface area contributed by atoms with Crippen LogP contribution in [-0.2, 0) is 24.0 Å². The smallest absolute Gasteiger partial charge is 0.345 e. The molecule has 0 aliphatic heterocycles. The fraction of sp³-hybridized carbons (Fsp3) is 0.143. The topological polar surface area (TPSA) is 0 Å². The minimum Gasteiger partial charge on any atom is -0.345 e. The van der Waals surface area contributed by atoms with Crippen molar-refractivity contribution in [1.29, 1.82) is 0 Å². The summed E-state index contributed by atoms with van der Waals surface area (Å²) in [6.45, 7) is 0. The molecular weight excluding hydrogens is 209 g/mol. The van der Waals surface area contributed by atoms with E-state index >= 15 is 0 Å². The van der Waals surface area contributed by atoms with Gasteiger partial charge in [-0.3, -0.25) is 0 Å². The van der Waals surface area contributed by atoms with Crippen molar-refractivity contribution in [2.75, 3.05) is 0 Å². The van der Waals surface area contributed by atoms with Gasteiger partial charge in [-0.2, -0.15) is 0 Å². The van der Waals surface area contributed by atoms with E-state index in [0.717, 1.165) is 4.55 Å². The third kappa shape index (κ3) is 3.92. The Balaban J connectivity index is 0.000000810. The van der Waals surface area contributed by atoms with Gasteiger partial charge in [0.05, 0.1) is 0 Å². The Morgan fingerprint density at radius 1 is 1.20 bits per heavy atom. The van der Waals surface area contributed by atoms with Crippen molar-refractivity contribution in [2.24, 2.45) is 0 Å². The van der Waals surface area contributed by atoms with Gasteiger partial charge in [0.25, 0.3) is 0 Å². The molecule has 3 heteroatoms. The van der Waals surface area contributed by atoms with Gasteiger partial charge in [0, 0.05) is 19.5 Å². The number of halogens is 1. The fourth-order valence-electron chi connectivity index (χ4n) is 0.754. The van der Waals surface area contributed by atoms with Gasteiger partial charge < -0.3 is 9.07 Å². The molecule has 0 saturated heterocycles. The van der Waals surface area contributed by atoms with E-state index in [1.807, 2.05) is 6.07 Å². The van der Waals surface area contributed by atoms with E-state index in [2.05, 4.69) is 24.3 Å². The summed E-state index contributed by atoms with van der Waals surface area (Å²) < 4.78 is 1.11. The van der Waals surface area contributed by atoms with Crippen LogP contribution in [0.25, 0.3) is 0 Å². The van der Waals surface area contributed by atoms with E-state index in [0.29, 0.717) is 0 Å². The van der Waals surface area contributed by atoms with Crippen LogP contribution in [-0.4, -0.2) is 19.3 Å². The maximum absolute atomic E-state index is 5.67. The molecule has 0 radical (unpaired) electrons. The summed E-state index contributed by atoms with van der Waals surface area (Å²) >= 11 is -0.312. The first-order valence-corrected chi connectivity index (χ1v) is 6.17. The molecule has 1 aromatic rings. The predicted octanol–water partition coefficient (Wildman–Crippen LogP) is 2.04. The van der Waals surface area contributed by atoms with Crippen molar-refractivity contribution in [3.63, 3.8) is 0 Å². The maximum atomic E-state index is 5.67. The summed E-state index contributed by atoms with van der Waals surface area (Å²) in [5, 5.41) is 0. The first-order valence-electron chi connectivity index (χ1n) is 3.03. The average Bonchev–Trinajstić information content (AvgIpc) is 1.91. The molecule has 0 aliphatic rings. The van der Waals surface area contributed by atoms with Crippen LogP contribution in [0.3, 0.4) is 0 Å². The number of benzene rings is 1. The molecule has 46 valence electrons. The molecule has 0 aliphatic carbocycles. The van der Waals surface area contributed by atoms with Gasteiger partial charge in [-0.25, -0.2) is 0 Å². The van der Waals surface area contributed by atoms with Crippen molar-refractivity contribution in [3.05, 3.63) is 35.9 Å². The van der Waals surface area contributed by atoms with Crippen LogP contribution in [0, 0.1) is 0 Å². The summed E-state index contributed by atoms with van der Waals surface area (Å²) in [6, 6.07) is 10.4. The molecule has 0 saturated carbocycles. The minimum atomic E-state index is -0.312. The minimum absolute atomic E-state index is 0. The van der Waals surface area contributed by atoms with Gasteiger partial charge >= 0.3 is 19.3 Å². The number of hydrogen-bond acceptors (Lipinski definition) is 0. The SMILES string of the molecule is [Cl][Mg][CH2]c1ccccc1.[Zn]. The molecule has 0 atom stereocenters. The zero-order chi connectivity index (χ0) is 6.53. The molecule has 0 spiro atoms. The first kappa shape index (κ1) is 10.9. The summed E-state index contributed by atoms with van der Waals surface area (Å²) in [6.07, 6.45) is 0. The molecule has 1 aromatic carbocycles. The van der Waals surface area contributed by atoms with Crippen molar-refractivity contribution in [3.8, 4) is 0 Å². The first-order chi connectivity index (χ1) is 4.43. The van der Waals surface area contributed by atoms with Crippen molar-refractivity contribution in [1.82, 2.24) is 0 Å². The molecule has 0 amide bonds. The zero-order valence-electron chi connectivity index (χ0n) is 5.89. The summed E-state index contributed by atoms with van der Waals surface area (Å²) in [4.78, 5) is 0. The van der Waals surface area contributed by atoms with Gasteiger partial charge in [-0.15, -0.1) is 0 Å². The predicted molar refractivity (Wildman–Crippen MR) is 41.8 cm³/mol. The molecule has 0 N–H and O–H groups in total. The second-order valence-corrected chi connectivity index (χ2v) is 3.94. The van der Waals surface area contributed by atoms with Gasteiger partial charge in [0.1, 0.15) is 0 Å². The summed E-state index contributed by atoms with van der Waals surface area (Å²) in [5.74, 6) is 0. The molecule has 0 unspecified atom stereocenters. The molecule has 0 nitrogen and oxygen atoms in total. The van der Waals surface area contributed by atoms with E-state index in [1.165, 1.54) is 5.56 Å². The van der Waals surface area contributed by atoms with Crippen LogP contribution < -0.4 is 0 Å². The monoisotopic (exact) mass is 214 g/mol. The largest absolute Gasteiger partial charge is 0.505 e. The maximum Gasteiger partial charge on any atom is 0.505 e. The molecule has 0 bridgehead atoms. The Labute approximate surface area is 87.6 Å². The molecule has 0 aromatic heterocycles. The number of hydrogen-bond donors (Lipinski definition) is 0. The third-order valence-electron chi connectivity index (χ3n) is 1.23. The summed E-state index contributed by atoms with van der Waals surface area (Å²) in [7, 11) is 5.67. The van der Waals surface area contributed by atoms with Gasteiger partial charge in [-0.1, -0.05) is 40.4 Å². The molecule has 10 heavy (non-hydrogen) atoms. The van der Waals surface area contributed by atoms with E-state index < -0.39 is 0 Å². The van der Waals surface area contributed by atoms with E-state index in [4.69, 9.17) is 9.07 Å².